The lowest BCUT2D eigenvalue weighted by Gasteiger charge is -2.32. The summed E-state index contributed by atoms with van der Waals surface area (Å²) in [6.45, 7) is 6.93. The Kier molecular flexibility index (Phi) is 2.29. The molecule has 0 N–H and O–H groups in total. The summed E-state index contributed by atoms with van der Waals surface area (Å²) in [5.41, 5.74) is 2.06. The average Bonchev–Trinajstić information content (AvgIpc) is 2.42. The van der Waals surface area contributed by atoms with E-state index in [0.29, 0.717) is 12.2 Å². The molecule has 80 valence electrons. The van der Waals surface area contributed by atoms with Gasteiger partial charge in [-0.3, -0.25) is 4.79 Å². The van der Waals surface area contributed by atoms with E-state index < -0.39 is 0 Å². The van der Waals surface area contributed by atoms with Crippen molar-refractivity contribution in [2.75, 3.05) is 11.4 Å². The van der Waals surface area contributed by atoms with Crippen molar-refractivity contribution in [3.05, 3.63) is 29.8 Å². The summed E-state index contributed by atoms with van der Waals surface area (Å²) in [4.78, 5) is 13.9. The van der Waals surface area contributed by atoms with Crippen LogP contribution in [-0.2, 0) is 4.79 Å². The topological polar surface area (TPSA) is 20.3 Å². The molecule has 1 aliphatic heterocycles. The number of anilines is 1. The molecule has 0 bridgehead atoms. The highest BCUT2D eigenvalue weighted by Crippen LogP contribution is 2.31. The lowest BCUT2D eigenvalue weighted by Crippen LogP contribution is -2.42. The fourth-order valence-corrected chi connectivity index (χ4v) is 2.20. The van der Waals surface area contributed by atoms with Crippen LogP contribution >= 0.6 is 0 Å². The van der Waals surface area contributed by atoms with Gasteiger partial charge in [0.2, 0.25) is 0 Å². The van der Waals surface area contributed by atoms with Crippen LogP contribution in [0, 0.1) is 6.92 Å². The molecule has 1 heterocycles. The predicted molar refractivity (Wildman–Crippen MR) is 62.2 cm³/mol. The fraction of sp³-hybridized carbons (Fsp3) is 0.462. The van der Waals surface area contributed by atoms with E-state index in [9.17, 15) is 4.79 Å². The van der Waals surface area contributed by atoms with Gasteiger partial charge < -0.3 is 4.90 Å². The zero-order chi connectivity index (χ0) is 11.1. The molecule has 0 atom stereocenters. The molecule has 15 heavy (non-hydrogen) atoms. The maximum Gasteiger partial charge on any atom is 0.159 e. The number of carbonyl (C=O) groups excluding carboxylic acids is 1. The Hall–Kier alpha value is -1.31. The number of ketones is 1. The van der Waals surface area contributed by atoms with Crippen molar-refractivity contribution in [3.8, 4) is 0 Å². The van der Waals surface area contributed by atoms with Crippen LogP contribution in [-0.4, -0.2) is 17.9 Å². The monoisotopic (exact) mass is 203 g/mol. The third-order valence-corrected chi connectivity index (χ3v) is 3.23. The second-order valence-corrected chi connectivity index (χ2v) is 4.72. The van der Waals surface area contributed by atoms with Crippen molar-refractivity contribution < 1.29 is 4.79 Å². The van der Waals surface area contributed by atoms with Gasteiger partial charge in [-0.25, -0.2) is 0 Å². The molecule has 0 spiro atoms. The third kappa shape index (κ3) is 1.65. The molecule has 1 saturated heterocycles. The van der Waals surface area contributed by atoms with Crippen LogP contribution in [0.1, 0.15) is 25.8 Å². The van der Waals surface area contributed by atoms with Crippen LogP contribution in [0.25, 0.3) is 0 Å². The molecule has 2 heteroatoms. The molecule has 0 amide bonds. The zero-order valence-corrected chi connectivity index (χ0v) is 9.58. The highest BCUT2D eigenvalue weighted by molar-refractivity contribution is 5.94. The molecule has 1 aromatic carbocycles. The van der Waals surface area contributed by atoms with Gasteiger partial charge in [-0.2, -0.15) is 0 Å². The molecule has 1 aromatic rings. The van der Waals surface area contributed by atoms with Gasteiger partial charge in [0.1, 0.15) is 0 Å². The van der Waals surface area contributed by atoms with Crippen LogP contribution in [0.4, 0.5) is 5.69 Å². The molecule has 1 fully saturated rings. The number of aryl methyl sites for hydroxylation is 1. The standard InChI is InChI=1S/C13H17NO/c1-10-5-4-6-11(9-10)14-8-7-12(15)13(14,2)3/h4-6,9H,7-8H2,1-3H3. The third-order valence-electron chi connectivity index (χ3n) is 3.23. The Morgan fingerprint density at radius 3 is 2.60 bits per heavy atom. The number of carbonyl (C=O) groups is 1. The van der Waals surface area contributed by atoms with Crippen molar-refractivity contribution in [1.82, 2.24) is 0 Å². The Bertz CT molecular complexity index is 395. The van der Waals surface area contributed by atoms with Crippen LogP contribution in [0.3, 0.4) is 0 Å². The van der Waals surface area contributed by atoms with E-state index in [1.165, 1.54) is 5.56 Å². The lowest BCUT2D eigenvalue weighted by atomic mass is 10.00. The van der Waals surface area contributed by atoms with Crippen molar-refractivity contribution in [2.24, 2.45) is 0 Å². The molecule has 0 aromatic heterocycles. The highest BCUT2D eigenvalue weighted by atomic mass is 16.1. The fourth-order valence-electron chi connectivity index (χ4n) is 2.20. The summed E-state index contributed by atoms with van der Waals surface area (Å²) >= 11 is 0. The second kappa shape index (κ2) is 3.37. The number of rotatable bonds is 1. The molecular weight excluding hydrogens is 186 g/mol. The maximum absolute atomic E-state index is 11.7. The molecule has 0 radical (unpaired) electrons. The van der Waals surface area contributed by atoms with E-state index in [-0.39, 0.29) is 5.54 Å². The van der Waals surface area contributed by atoms with Gasteiger partial charge in [0.05, 0.1) is 5.54 Å². The van der Waals surface area contributed by atoms with Crippen LogP contribution in [0.15, 0.2) is 24.3 Å². The molecule has 1 aliphatic rings. The quantitative estimate of drug-likeness (QED) is 0.699. The summed E-state index contributed by atoms with van der Waals surface area (Å²) in [6.07, 6.45) is 0.668. The molecule has 0 aliphatic carbocycles. The smallest absolute Gasteiger partial charge is 0.159 e. The van der Waals surface area contributed by atoms with E-state index in [1.807, 2.05) is 19.9 Å². The molecule has 0 saturated carbocycles. The van der Waals surface area contributed by atoms with Gasteiger partial charge >= 0.3 is 0 Å². The predicted octanol–water partition coefficient (Wildman–Crippen LogP) is 2.55. The van der Waals surface area contributed by atoms with Gasteiger partial charge in [-0.1, -0.05) is 12.1 Å². The first-order valence-electron chi connectivity index (χ1n) is 5.39. The Labute approximate surface area is 90.9 Å². The van der Waals surface area contributed by atoms with Crippen LogP contribution in [0.2, 0.25) is 0 Å². The van der Waals surface area contributed by atoms with Crippen molar-refractivity contribution in [3.63, 3.8) is 0 Å². The van der Waals surface area contributed by atoms with E-state index in [4.69, 9.17) is 0 Å². The van der Waals surface area contributed by atoms with E-state index in [0.717, 1.165) is 12.2 Å². The number of benzene rings is 1. The minimum Gasteiger partial charge on any atom is -0.359 e. The van der Waals surface area contributed by atoms with Gasteiger partial charge in [-0.15, -0.1) is 0 Å². The molecule has 2 nitrogen and oxygen atoms in total. The first kappa shape index (κ1) is 10.2. The van der Waals surface area contributed by atoms with Crippen molar-refractivity contribution in [2.45, 2.75) is 32.7 Å². The zero-order valence-electron chi connectivity index (χ0n) is 9.58. The summed E-state index contributed by atoms with van der Waals surface area (Å²) in [5, 5.41) is 0. The molecule has 2 rings (SSSR count). The van der Waals surface area contributed by atoms with Gasteiger partial charge in [0.25, 0.3) is 0 Å². The van der Waals surface area contributed by atoms with E-state index in [2.05, 4.69) is 30.0 Å². The van der Waals surface area contributed by atoms with Gasteiger partial charge in [-0.05, 0) is 38.5 Å². The first-order valence-corrected chi connectivity index (χ1v) is 5.39. The normalized spacial score (nSPS) is 19.7. The number of hydrogen-bond acceptors (Lipinski definition) is 2. The van der Waals surface area contributed by atoms with E-state index >= 15 is 0 Å². The average molecular weight is 203 g/mol. The highest BCUT2D eigenvalue weighted by Gasteiger charge is 2.39. The van der Waals surface area contributed by atoms with Crippen molar-refractivity contribution >= 4 is 11.5 Å². The summed E-state index contributed by atoms with van der Waals surface area (Å²) < 4.78 is 0. The number of hydrogen-bond donors (Lipinski definition) is 0. The lowest BCUT2D eigenvalue weighted by molar-refractivity contribution is -0.120. The maximum atomic E-state index is 11.7. The minimum absolute atomic E-state index is 0.337. The Morgan fingerprint density at radius 2 is 2.07 bits per heavy atom. The SMILES string of the molecule is Cc1cccc(N2CCC(=O)C2(C)C)c1. The van der Waals surface area contributed by atoms with Crippen LogP contribution < -0.4 is 4.90 Å². The van der Waals surface area contributed by atoms with Gasteiger partial charge in [0.15, 0.2) is 5.78 Å². The molecule has 0 unspecified atom stereocenters. The Balaban J connectivity index is 2.36. The van der Waals surface area contributed by atoms with Crippen LogP contribution in [0.5, 0.6) is 0 Å². The van der Waals surface area contributed by atoms with Gasteiger partial charge in [0, 0.05) is 18.7 Å². The largest absolute Gasteiger partial charge is 0.359 e. The minimum atomic E-state index is -0.339. The number of nitrogens with zero attached hydrogens (tertiary/aromatic N) is 1. The summed E-state index contributed by atoms with van der Waals surface area (Å²) in [5.74, 6) is 0.337. The summed E-state index contributed by atoms with van der Waals surface area (Å²) in [7, 11) is 0. The second-order valence-electron chi connectivity index (χ2n) is 4.72. The van der Waals surface area contributed by atoms with Crippen molar-refractivity contribution in [1.29, 1.82) is 0 Å². The Morgan fingerprint density at radius 1 is 1.33 bits per heavy atom. The number of Topliss-reactive ketones (excluding diaryl/α,β-unsaturated/α-hetero) is 1. The molecular formula is C13H17NO. The summed E-state index contributed by atoms with van der Waals surface area (Å²) in [6, 6.07) is 8.34. The first-order chi connectivity index (χ1) is 7.01. The van der Waals surface area contributed by atoms with E-state index in [1.54, 1.807) is 0 Å².